The second-order valence-electron chi connectivity index (χ2n) is 7.54. The standard InChI is InChI=1S/C23H20ClN5O4S2/c1-16-7-9-18(10-8-16)28-22(26-27-23(28)34-15-17-5-3-2-4-6-17)14-25-35(32,33)19-11-12-20(24)21(13-19)29(30)31/h2-13,25H,14-15H2,1H3. The Labute approximate surface area is 211 Å². The van der Waals surface area contributed by atoms with E-state index in [-0.39, 0.29) is 16.5 Å². The van der Waals surface area contributed by atoms with Crippen molar-refractivity contribution in [3.63, 3.8) is 0 Å². The third kappa shape index (κ3) is 5.88. The van der Waals surface area contributed by atoms with E-state index in [1.54, 1.807) is 4.57 Å². The zero-order valence-corrected chi connectivity index (χ0v) is 20.8. The van der Waals surface area contributed by atoms with Crippen molar-refractivity contribution in [1.29, 1.82) is 0 Å². The Bertz CT molecular complexity index is 1460. The molecule has 3 aromatic carbocycles. The summed E-state index contributed by atoms with van der Waals surface area (Å²) in [5.74, 6) is 1.03. The third-order valence-electron chi connectivity index (χ3n) is 5.05. The fraction of sp³-hybridized carbons (Fsp3) is 0.130. The highest BCUT2D eigenvalue weighted by atomic mass is 35.5. The van der Waals surface area contributed by atoms with Crippen LogP contribution in [0.15, 0.2) is 82.8 Å². The number of aryl methyl sites for hydroxylation is 1. The van der Waals surface area contributed by atoms with Crippen LogP contribution >= 0.6 is 23.4 Å². The van der Waals surface area contributed by atoms with E-state index in [2.05, 4.69) is 14.9 Å². The first kappa shape index (κ1) is 24.9. The van der Waals surface area contributed by atoms with Crippen molar-refractivity contribution in [1.82, 2.24) is 19.5 Å². The summed E-state index contributed by atoms with van der Waals surface area (Å²) in [7, 11) is -4.08. The van der Waals surface area contributed by atoms with E-state index in [9.17, 15) is 18.5 Å². The van der Waals surface area contributed by atoms with Gasteiger partial charge in [-0.2, -0.15) is 0 Å². The lowest BCUT2D eigenvalue weighted by Crippen LogP contribution is -2.25. The SMILES string of the molecule is Cc1ccc(-n2c(CNS(=O)(=O)c3ccc(Cl)c([N+](=O)[O-])c3)nnc2SCc2ccccc2)cc1. The number of nitrogens with zero attached hydrogens (tertiary/aromatic N) is 4. The quantitative estimate of drug-likeness (QED) is 0.186. The molecule has 0 saturated carbocycles. The van der Waals surface area contributed by atoms with Crippen molar-refractivity contribution in [3.05, 3.63) is 105 Å². The van der Waals surface area contributed by atoms with Gasteiger partial charge in [-0.25, -0.2) is 13.1 Å². The highest BCUT2D eigenvalue weighted by Gasteiger charge is 2.22. The summed E-state index contributed by atoms with van der Waals surface area (Å²) in [6, 6.07) is 20.9. The number of hydrogen-bond donors (Lipinski definition) is 1. The predicted octanol–water partition coefficient (Wildman–Crippen LogP) is 4.91. The van der Waals surface area contributed by atoms with Crippen LogP contribution in [0.3, 0.4) is 0 Å². The Balaban J connectivity index is 1.61. The molecule has 180 valence electrons. The summed E-state index contributed by atoms with van der Waals surface area (Å²) in [4.78, 5) is 10.2. The summed E-state index contributed by atoms with van der Waals surface area (Å²) in [6.07, 6.45) is 0. The van der Waals surface area contributed by atoms with Gasteiger partial charge in [0.05, 0.1) is 16.4 Å². The molecule has 4 aromatic rings. The zero-order valence-electron chi connectivity index (χ0n) is 18.5. The number of halogens is 1. The number of sulfonamides is 1. The van der Waals surface area contributed by atoms with E-state index in [0.717, 1.165) is 22.9 Å². The average molecular weight is 530 g/mol. The van der Waals surface area contributed by atoms with Crippen LogP contribution < -0.4 is 4.72 Å². The topological polar surface area (TPSA) is 120 Å². The van der Waals surface area contributed by atoms with Crippen molar-refractivity contribution in [3.8, 4) is 5.69 Å². The molecule has 0 atom stereocenters. The predicted molar refractivity (Wildman–Crippen MR) is 134 cm³/mol. The van der Waals surface area contributed by atoms with E-state index in [0.29, 0.717) is 16.7 Å². The highest BCUT2D eigenvalue weighted by Crippen LogP contribution is 2.28. The average Bonchev–Trinajstić information content (AvgIpc) is 3.25. The van der Waals surface area contributed by atoms with Gasteiger partial charge >= 0.3 is 0 Å². The van der Waals surface area contributed by atoms with Gasteiger partial charge in [0.15, 0.2) is 11.0 Å². The Morgan fingerprint density at radius 2 is 1.77 bits per heavy atom. The molecule has 9 nitrogen and oxygen atoms in total. The van der Waals surface area contributed by atoms with Crippen LogP contribution in [0.2, 0.25) is 5.02 Å². The summed E-state index contributed by atoms with van der Waals surface area (Å²) in [6.45, 7) is 1.80. The molecule has 0 spiro atoms. The van der Waals surface area contributed by atoms with E-state index < -0.39 is 20.6 Å². The lowest BCUT2D eigenvalue weighted by Gasteiger charge is -2.12. The van der Waals surface area contributed by atoms with Gasteiger partial charge in [-0.05, 0) is 36.8 Å². The second-order valence-corrected chi connectivity index (χ2v) is 10.7. The van der Waals surface area contributed by atoms with Crippen molar-refractivity contribution in [2.75, 3.05) is 0 Å². The van der Waals surface area contributed by atoms with Crippen LogP contribution in [0, 0.1) is 17.0 Å². The Kier molecular flexibility index (Phi) is 7.51. The van der Waals surface area contributed by atoms with Gasteiger partial charge in [-0.3, -0.25) is 14.7 Å². The molecule has 12 heteroatoms. The zero-order chi connectivity index (χ0) is 25.0. The van der Waals surface area contributed by atoms with Crippen molar-refractivity contribution in [2.45, 2.75) is 29.3 Å². The number of hydrogen-bond acceptors (Lipinski definition) is 7. The number of aromatic nitrogens is 3. The first-order valence-corrected chi connectivity index (χ1v) is 13.2. The minimum Gasteiger partial charge on any atom is -0.273 e. The van der Waals surface area contributed by atoms with E-state index in [4.69, 9.17) is 11.6 Å². The van der Waals surface area contributed by atoms with E-state index in [1.807, 2.05) is 61.5 Å². The fourth-order valence-electron chi connectivity index (χ4n) is 3.23. The number of thioether (sulfide) groups is 1. The van der Waals surface area contributed by atoms with Crippen LogP contribution in [-0.4, -0.2) is 28.1 Å². The van der Waals surface area contributed by atoms with Crippen LogP contribution in [0.5, 0.6) is 0 Å². The number of benzene rings is 3. The molecule has 0 aliphatic heterocycles. The molecule has 35 heavy (non-hydrogen) atoms. The highest BCUT2D eigenvalue weighted by molar-refractivity contribution is 7.98. The maximum atomic E-state index is 12.9. The summed E-state index contributed by atoms with van der Waals surface area (Å²) >= 11 is 7.29. The first-order valence-electron chi connectivity index (χ1n) is 10.4. The van der Waals surface area contributed by atoms with Gasteiger partial charge in [0.25, 0.3) is 5.69 Å². The minimum atomic E-state index is -4.08. The molecule has 0 fully saturated rings. The number of nitro groups is 1. The molecule has 1 aromatic heterocycles. The molecule has 1 heterocycles. The summed E-state index contributed by atoms with van der Waals surface area (Å²) in [5, 5.41) is 20.1. The van der Waals surface area contributed by atoms with Gasteiger partial charge in [-0.1, -0.05) is 71.4 Å². The molecule has 0 saturated heterocycles. The van der Waals surface area contributed by atoms with Gasteiger partial charge in [0.2, 0.25) is 10.0 Å². The largest absolute Gasteiger partial charge is 0.289 e. The summed E-state index contributed by atoms with van der Waals surface area (Å²) < 4.78 is 30.0. The number of nitro benzene ring substituents is 1. The number of nitrogens with one attached hydrogen (secondary N) is 1. The van der Waals surface area contributed by atoms with Crippen molar-refractivity contribution in [2.24, 2.45) is 0 Å². The number of rotatable bonds is 9. The van der Waals surface area contributed by atoms with E-state index in [1.165, 1.54) is 23.9 Å². The maximum Gasteiger partial charge on any atom is 0.289 e. The van der Waals surface area contributed by atoms with E-state index >= 15 is 0 Å². The minimum absolute atomic E-state index is 0.145. The molecule has 4 rings (SSSR count). The Morgan fingerprint density at radius 3 is 2.46 bits per heavy atom. The molecule has 1 N–H and O–H groups in total. The second kappa shape index (κ2) is 10.6. The van der Waals surface area contributed by atoms with Gasteiger partial charge in [-0.15, -0.1) is 10.2 Å². The molecule has 0 radical (unpaired) electrons. The fourth-order valence-corrected chi connectivity index (χ4v) is 5.34. The monoisotopic (exact) mass is 529 g/mol. The molecular weight excluding hydrogens is 510 g/mol. The van der Waals surface area contributed by atoms with Crippen LogP contribution in [-0.2, 0) is 22.3 Å². The molecule has 0 aliphatic rings. The normalized spacial score (nSPS) is 11.5. The molecule has 0 unspecified atom stereocenters. The van der Waals surface area contributed by atoms with Gasteiger partial charge < -0.3 is 0 Å². The lowest BCUT2D eigenvalue weighted by atomic mass is 10.2. The Morgan fingerprint density at radius 1 is 1.06 bits per heavy atom. The van der Waals surface area contributed by atoms with Crippen LogP contribution in [0.4, 0.5) is 5.69 Å². The van der Waals surface area contributed by atoms with Crippen LogP contribution in [0.25, 0.3) is 5.69 Å². The first-order chi connectivity index (χ1) is 16.7. The van der Waals surface area contributed by atoms with Gasteiger partial charge in [0, 0.05) is 17.5 Å². The maximum absolute atomic E-state index is 12.9. The third-order valence-corrected chi connectivity index (χ3v) is 7.77. The molecular formula is C23H20ClN5O4S2. The molecule has 0 amide bonds. The van der Waals surface area contributed by atoms with Crippen molar-refractivity contribution < 1.29 is 13.3 Å². The van der Waals surface area contributed by atoms with Gasteiger partial charge in [0.1, 0.15) is 5.02 Å². The summed E-state index contributed by atoms with van der Waals surface area (Å²) in [5.41, 5.74) is 2.49. The molecule has 0 aliphatic carbocycles. The lowest BCUT2D eigenvalue weighted by molar-refractivity contribution is -0.384. The molecule has 0 bridgehead atoms. The Hall–Kier alpha value is -3.25. The van der Waals surface area contributed by atoms with Crippen LogP contribution in [0.1, 0.15) is 17.0 Å². The van der Waals surface area contributed by atoms with Crippen molar-refractivity contribution >= 4 is 39.1 Å². The smallest absolute Gasteiger partial charge is 0.273 e.